The van der Waals surface area contributed by atoms with Crippen LogP contribution in [0.2, 0.25) is 0 Å². The van der Waals surface area contributed by atoms with Crippen molar-refractivity contribution in [3.05, 3.63) is 41.1 Å². The standard InChI is InChI=1S/C21H23N5O4/c1-5-29-19(27)17(26-20(28)30-21(2,3)4)10-14-6-8-16(9-7-14)25-18(13-24)15(11-22)12-23/h6-9,17,25H,5,10H2,1-4H3,(H,26,28). The van der Waals surface area contributed by atoms with Crippen LogP contribution in [-0.2, 0) is 20.7 Å². The molecule has 0 saturated heterocycles. The molecule has 1 aromatic carbocycles. The average molecular weight is 409 g/mol. The summed E-state index contributed by atoms with van der Waals surface area (Å²) in [5, 5.41) is 32.1. The fourth-order valence-corrected chi connectivity index (χ4v) is 2.27. The van der Waals surface area contributed by atoms with Gasteiger partial charge in [-0.15, -0.1) is 0 Å². The summed E-state index contributed by atoms with van der Waals surface area (Å²) in [5.41, 5.74) is -0.0212. The van der Waals surface area contributed by atoms with E-state index in [1.54, 1.807) is 70.2 Å². The van der Waals surface area contributed by atoms with E-state index in [1.807, 2.05) is 0 Å². The van der Waals surface area contributed by atoms with Gasteiger partial charge in [-0.1, -0.05) is 12.1 Å². The summed E-state index contributed by atoms with van der Waals surface area (Å²) in [6.07, 6.45) is -0.579. The van der Waals surface area contributed by atoms with Gasteiger partial charge in [0.15, 0.2) is 5.57 Å². The second kappa shape index (κ2) is 11.1. The number of amides is 1. The molecule has 0 aliphatic carbocycles. The first-order chi connectivity index (χ1) is 14.1. The van der Waals surface area contributed by atoms with Crippen molar-refractivity contribution in [3.63, 3.8) is 0 Å². The smallest absolute Gasteiger partial charge is 0.408 e. The van der Waals surface area contributed by atoms with E-state index in [-0.39, 0.29) is 24.3 Å². The largest absolute Gasteiger partial charge is 0.464 e. The number of alkyl carbamates (subject to hydrolysis) is 1. The zero-order chi connectivity index (χ0) is 22.7. The van der Waals surface area contributed by atoms with Gasteiger partial charge in [0.1, 0.15) is 35.5 Å². The molecule has 0 fully saturated rings. The Morgan fingerprint density at radius 2 is 1.67 bits per heavy atom. The van der Waals surface area contributed by atoms with Crippen LogP contribution in [0.4, 0.5) is 10.5 Å². The predicted octanol–water partition coefficient (Wildman–Crippen LogP) is 2.92. The summed E-state index contributed by atoms with van der Waals surface area (Å²) in [6.45, 7) is 6.97. The predicted molar refractivity (Wildman–Crippen MR) is 107 cm³/mol. The van der Waals surface area contributed by atoms with E-state index in [1.165, 1.54) is 0 Å². The number of hydrogen-bond acceptors (Lipinski definition) is 8. The van der Waals surface area contributed by atoms with Crippen LogP contribution < -0.4 is 10.6 Å². The Hall–Kier alpha value is -4.03. The SMILES string of the molecule is CCOC(=O)C(Cc1ccc(NC(C#N)=C(C#N)C#N)cc1)NC(=O)OC(C)(C)C. The molecular weight excluding hydrogens is 386 g/mol. The van der Waals surface area contributed by atoms with Gasteiger partial charge in [-0.2, -0.15) is 15.8 Å². The lowest BCUT2D eigenvalue weighted by Gasteiger charge is -2.23. The molecule has 9 heteroatoms. The highest BCUT2D eigenvalue weighted by Gasteiger charge is 2.25. The van der Waals surface area contributed by atoms with Gasteiger partial charge in [0.05, 0.1) is 6.61 Å². The first kappa shape index (κ1) is 24.0. The van der Waals surface area contributed by atoms with Crippen LogP contribution in [0.15, 0.2) is 35.5 Å². The molecule has 1 rings (SSSR count). The zero-order valence-electron chi connectivity index (χ0n) is 17.3. The molecule has 30 heavy (non-hydrogen) atoms. The summed E-state index contributed by atoms with van der Waals surface area (Å²) in [6, 6.07) is 10.7. The van der Waals surface area contributed by atoms with Gasteiger partial charge >= 0.3 is 12.1 Å². The summed E-state index contributed by atoms with van der Waals surface area (Å²) in [5.74, 6) is -0.590. The van der Waals surface area contributed by atoms with E-state index in [2.05, 4.69) is 10.6 Å². The quantitative estimate of drug-likeness (QED) is 0.516. The van der Waals surface area contributed by atoms with Gasteiger partial charge < -0.3 is 20.1 Å². The summed E-state index contributed by atoms with van der Waals surface area (Å²) < 4.78 is 10.2. The first-order valence-corrected chi connectivity index (χ1v) is 9.10. The Labute approximate surface area is 175 Å². The van der Waals surface area contributed by atoms with Crippen LogP contribution in [0.5, 0.6) is 0 Å². The molecule has 0 radical (unpaired) electrons. The fraction of sp³-hybridized carbons (Fsp3) is 0.381. The molecule has 1 atom stereocenters. The van der Waals surface area contributed by atoms with Crippen LogP contribution in [0.1, 0.15) is 33.3 Å². The number of carbonyl (C=O) groups is 2. The van der Waals surface area contributed by atoms with Gasteiger partial charge in [-0.3, -0.25) is 0 Å². The number of ether oxygens (including phenoxy) is 2. The van der Waals surface area contributed by atoms with Crippen LogP contribution in [0, 0.1) is 34.0 Å². The number of benzene rings is 1. The van der Waals surface area contributed by atoms with Crippen LogP contribution >= 0.6 is 0 Å². The summed E-state index contributed by atoms with van der Waals surface area (Å²) in [7, 11) is 0. The molecule has 0 spiro atoms. The summed E-state index contributed by atoms with van der Waals surface area (Å²) in [4.78, 5) is 24.3. The molecule has 0 aliphatic heterocycles. The van der Waals surface area contributed by atoms with Gasteiger partial charge in [0, 0.05) is 12.1 Å². The highest BCUT2D eigenvalue weighted by Crippen LogP contribution is 2.15. The highest BCUT2D eigenvalue weighted by atomic mass is 16.6. The van der Waals surface area contributed by atoms with Crippen molar-refractivity contribution < 1.29 is 19.1 Å². The molecule has 0 heterocycles. The van der Waals surface area contributed by atoms with Gasteiger partial charge in [0.25, 0.3) is 0 Å². The van der Waals surface area contributed by atoms with Crippen LogP contribution in [0.25, 0.3) is 0 Å². The molecule has 156 valence electrons. The molecule has 2 N–H and O–H groups in total. The number of nitrogens with zero attached hydrogens (tertiary/aromatic N) is 3. The third-order valence-electron chi connectivity index (χ3n) is 3.51. The zero-order valence-corrected chi connectivity index (χ0v) is 17.3. The normalized spacial score (nSPS) is 11.0. The minimum absolute atomic E-state index is 0.154. The first-order valence-electron chi connectivity index (χ1n) is 9.10. The van der Waals surface area contributed by atoms with E-state index in [9.17, 15) is 9.59 Å². The number of anilines is 1. The van der Waals surface area contributed by atoms with E-state index in [0.717, 1.165) is 0 Å². The van der Waals surface area contributed by atoms with Crippen LogP contribution in [-0.4, -0.2) is 30.3 Å². The molecule has 1 amide bonds. The Morgan fingerprint density at radius 1 is 1.07 bits per heavy atom. The van der Waals surface area contributed by atoms with Gasteiger partial charge in [-0.05, 0) is 45.4 Å². The van der Waals surface area contributed by atoms with Gasteiger partial charge in [0.2, 0.25) is 0 Å². The van der Waals surface area contributed by atoms with E-state index < -0.39 is 23.7 Å². The number of hydrogen-bond donors (Lipinski definition) is 2. The third-order valence-corrected chi connectivity index (χ3v) is 3.51. The van der Waals surface area contributed by atoms with Crippen molar-refractivity contribution in [2.45, 2.75) is 45.8 Å². The maximum atomic E-state index is 12.2. The highest BCUT2D eigenvalue weighted by molar-refractivity contribution is 5.81. The van der Waals surface area contributed by atoms with Crippen LogP contribution in [0.3, 0.4) is 0 Å². The average Bonchev–Trinajstić information content (AvgIpc) is 2.67. The van der Waals surface area contributed by atoms with Crippen molar-refractivity contribution in [2.24, 2.45) is 0 Å². The lowest BCUT2D eigenvalue weighted by Crippen LogP contribution is -2.45. The number of nitrogens with one attached hydrogen (secondary N) is 2. The lowest BCUT2D eigenvalue weighted by atomic mass is 10.1. The van der Waals surface area contributed by atoms with Gasteiger partial charge in [-0.25, -0.2) is 9.59 Å². The Balaban J connectivity index is 2.96. The number of carbonyl (C=O) groups excluding carboxylic acids is 2. The molecular formula is C21H23N5O4. The van der Waals surface area contributed by atoms with Crippen molar-refractivity contribution in [2.75, 3.05) is 11.9 Å². The second-order valence-electron chi connectivity index (χ2n) is 7.06. The Morgan fingerprint density at radius 3 is 2.13 bits per heavy atom. The number of nitriles is 3. The maximum Gasteiger partial charge on any atom is 0.408 e. The van der Waals surface area contributed by atoms with Crippen molar-refractivity contribution in [3.8, 4) is 18.2 Å². The minimum atomic E-state index is -0.947. The molecule has 0 aliphatic rings. The Bertz CT molecular complexity index is 909. The van der Waals surface area contributed by atoms with Crippen molar-refractivity contribution in [1.82, 2.24) is 5.32 Å². The van der Waals surface area contributed by atoms with E-state index in [4.69, 9.17) is 25.3 Å². The lowest BCUT2D eigenvalue weighted by molar-refractivity contribution is -0.145. The molecule has 1 aromatic rings. The molecule has 9 nitrogen and oxygen atoms in total. The molecule has 0 saturated carbocycles. The molecule has 0 bridgehead atoms. The monoisotopic (exact) mass is 409 g/mol. The van der Waals surface area contributed by atoms with E-state index in [0.29, 0.717) is 11.3 Å². The third kappa shape index (κ3) is 7.92. The van der Waals surface area contributed by atoms with E-state index >= 15 is 0 Å². The number of rotatable bonds is 7. The number of esters is 1. The van der Waals surface area contributed by atoms with Crippen molar-refractivity contribution >= 4 is 17.7 Å². The summed E-state index contributed by atoms with van der Waals surface area (Å²) >= 11 is 0. The molecule has 0 aromatic heterocycles. The topological polar surface area (TPSA) is 148 Å². The minimum Gasteiger partial charge on any atom is -0.464 e. The van der Waals surface area contributed by atoms with Crippen molar-refractivity contribution in [1.29, 1.82) is 15.8 Å². The fourth-order valence-electron chi connectivity index (χ4n) is 2.27. The molecule has 1 unspecified atom stereocenters. The maximum absolute atomic E-state index is 12.2. The Kier molecular flexibility index (Phi) is 8.87. The second-order valence-corrected chi connectivity index (χ2v) is 7.06. The number of allylic oxidation sites excluding steroid dienone is 2.